The normalized spacial score (nSPS) is 28.7. The molecule has 2 aromatic rings. The van der Waals surface area contributed by atoms with E-state index in [0.717, 1.165) is 9.80 Å². The van der Waals surface area contributed by atoms with Crippen LogP contribution in [-0.4, -0.2) is 58.4 Å². The van der Waals surface area contributed by atoms with Gasteiger partial charge < -0.3 is 19.6 Å². The summed E-state index contributed by atoms with van der Waals surface area (Å²) < 4.78 is 71.2. The number of fused-ring (bicyclic) bond motifs is 1. The fraction of sp³-hybridized carbons (Fsp3) is 0.500. The lowest BCUT2D eigenvalue weighted by molar-refractivity contribution is -0.130. The number of amides is 1. The van der Waals surface area contributed by atoms with Crippen molar-refractivity contribution in [2.45, 2.75) is 19.3 Å². The van der Waals surface area contributed by atoms with Gasteiger partial charge in [-0.25, -0.2) is 16.5 Å². The summed E-state index contributed by atoms with van der Waals surface area (Å²) in [7, 11) is 0. The van der Waals surface area contributed by atoms with Crippen LogP contribution in [0.25, 0.3) is 15.9 Å². The first-order valence-corrected chi connectivity index (χ1v) is 6.96. The van der Waals surface area contributed by atoms with Crippen LogP contribution < -0.4 is 4.90 Å². The van der Waals surface area contributed by atoms with E-state index in [1.54, 1.807) is 0 Å². The summed E-state index contributed by atoms with van der Waals surface area (Å²) in [6, 6.07) is 0.179. The first-order chi connectivity index (χ1) is 14.7. The number of aromatic amines is 1. The van der Waals surface area contributed by atoms with E-state index in [1.807, 2.05) is 0 Å². The first-order valence-electron chi connectivity index (χ1n) is 11.5. The van der Waals surface area contributed by atoms with Crippen LogP contribution in [0.4, 0.5) is 5.82 Å². The molecular formula is C16H20N6O. The van der Waals surface area contributed by atoms with Crippen molar-refractivity contribution in [3.8, 4) is 0 Å². The van der Waals surface area contributed by atoms with Crippen molar-refractivity contribution >= 4 is 22.8 Å². The van der Waals surface area contributed by atoms with Gasteiger partial charge in [0, 0.05) is 34.5 Å². The number of hydrogen-bond acceptors (Lipinski definition) is 4. The lowest BCUT2D eigenvalue weighted by Crippen LogP contribution is -2.53. The number of aromatic nitrogens is 3. The number of likely N-dealkylation sites (N-methyl/N-ethyl adjacent to an activating group) is 1. The van der Waals surface area contributed by atoms with Crippen LogP contribution in [0.5, 0.6) is 0 Å². The Morgan fingerprint density at radius 2 is 2.65 bits per heavy atom. The summed E-state index contributed by atoms with van der Waals surface area (Å²) in [6.45, 7) is -2.02. The molecular weight excluding hydrogens is 292 g/mol. The highest BCUT2D eigenvalue weighted by Gasteiger charge is 2.33. The molecule has 3 rings (SSSR count). The Morgan fingerprint density at radius 3 is 3.43 bits per heavy atom. The zero-order chi connectivity index (χ0) is 24.1. The lowest BCUT2D eigenvalue weighted by Gasteiger charge is -2.41. The predicted molar refractivity (Wildman–Crippen MR) is 87.9 cm³/mol. The molecule has 1 aliphatic heterocycles. The third-order valence-electron chi connectivity index (χ3n) is 3.86. The number of likely N-dealkylation sites (tertiary alicyclic amines) is 1. The van der Waals surface area contributed by atoms with Crippen molar-refractivity contribution in [1.29, 1.82) is 0 Å². The maximum atomic E-state index is 12.6. The van der Waals surface area contributed by atoms with Crippen LogP contribution in [0.1, 0.15) is 25.6 Å². The molecule has 0 radical (unpaired) electrons. The Balaban J connectivity index is 2.15. The minimum absolute atomic E-state index is 0.136. The Bertz CT molecular complexity index is 1060. The quantitative estimate of drug-likeness (QED) is 0.871. The Morgan fingerprint density at radius 1 is 1.74 bits per heavy atom. The molecule has 1 saturated heterocycles. The van der Waals surface area contributed by atoms with Gasteiger partial charge in [0.1, 0.15) is 21.9 Å². The number of nitrogens with one attached hydrogen (secondary N) is 1. The fourth-order valence-corrected chi connectivity index (χ4v) is 2.65. The zero-order valence-corrected chi connectivity index (χ0v) is 12.1. The molecule has 2 aromatic heterocycles. The van der Waals surface area contributed by atoms with E-state index < -0.39 is 51.0 Å². The molecule has 0 unspecified atom stereocenters. The van der Waals surface area contributed by atoms with Gasteiger partial charge in [-0.1, -0.05) is 6.85 Å². The van der Waals surface area contributed by atoms with E-state index in [-0.39, 0.29) is 29.8 Å². The Hall–Kier alpha value is -2.62. The highest BCUT2D eigenvalue weighted by Crippen LogP contribution is 2.28. The number of carbonyl (C=O) groups excluding carboxylic acids is 1. The van der Waals surface area contributed by atoms with Crippen LogP contribution in [0.2, 0.25) is 0 Å². The zero-order valence-electron chi connectivity index (χ0n) is 21.1. The van der Waals surface area contributed by atoms with Crippen molar-refractivity contribution in [2.24, 2.45) is 5.92 Å². The molecule has 0 aromatic carbocycles. The molecule has 1 amide bonds. The highest BCUT2D eigenvalue weighted by atomic mass is 16.2. The van der Waals surface area contributed by atoms with E-state index in [9.17, 15) is 4.79 Å². The molecule has 0 saturated carbocycles. The summed E-state index contributed by atoms with van der Waals surface area (Å²) >= 11 is 0. The second-order valence-electron chi connectivity index (χ2n) is 5.19. The number of hydrogen-bond donors (Lipinski definition) is 1. The fourth-order valence-electron chi connectivity index (χ4n) is 2.65. The highest BCUT2D eigenvalue weighted by molar-refractivity contribution is 5.87. The summed E-state index contributed by atoms with van der Waals surface area (Å²) in [6.07, 6.45) is 0.855. The third-order valence-corrected chi connectivity index (χ3v) is 3.86. The minimum atomic E-state index is -2.91. The number of H-pyrrole nitrogens is 1. The predicted octanol–water partition coefficient (Wildman–Crippen LogP) is 1.55. The van der Waals surface area contributed by atoms with Crippen molar-refractivity contribution in [3.05, 3.63) is 30.0 Å². The molecule has 0 spiro atoms. The average Bonchev–Trinajstić information content (AvgIpc) is 3.13. The topological polar surface area (TPSA) is 69.5 Å². The number of piperidine rings is 1. The standard InChI is InChI=1S/C16H20N6O/c1-11-5-7-22(14(23)8-17-2)9-13(11)21(3)16-12-4-6-18-15(12)19-10-20-16/h4,6,10-11,13H,5,7-9H2,1,3H3,(H,18,19,20)/t11-,13+/m1/s1/i1D3,3D3,8D2,10D. The smallest absolute Gasteiger partial charge is 0.302 e. The largest absolute Gasteiger partial charge is 0.354 e. The van der Waals surface area contributed by atoms with Crippen LogP contribution in [0.3, 0.4) is 0 Å². The van der Waals surface area contributed by atoms with Crippen LogP contribution in [-0.2, 0) is 4.79 Å². The lowest BCUT2D eigenvalue weighted by atomic mass is 9.92. The van der Waals surface area contributed by atoms with E-state index in [4.69, 9.17) is 18.9 Å². The second kappa shape index (κ2) is 6.24. The SMILES string of the molecule is [2H]c1nc(N([C@H]2CN(C(=O)C([2H])([2H])[N+]#[C-])CC[C@H]2C([2H])([2H])[2H])C([2H])([2H])[2H])c2cc[nH]c2n1. The molecule has 1 fully saturated rings. The number of rotatable bonds is 3. The van der Waals surface area contributed by atoms with Gasteiger partial charge in [-0.3, -0.25) is 4.79 Å². The maximum Gasteiger partial charge on any atom is 0.302 e. The van der Waals surface area contributed by atoms with Crippen molar-refractivity contribution < 1.29 is 17.1 Å². The van der Waals surface area contributed by atoms with Crippen LogP contribution in [0.15, 0.2) is 18.6 Å². The van der Waals surface area contributed by atoms with Gasteiger partial charge >= 0.3 is 5.91 Å². The van der Waals surface area contributed by atoms with Gasteiger partial charge in [0.05, 0.1) is 11.4 Å². The molecule has 2 atom stereocenters. The van der Waals surface area contributed by atoms with Gasteiger partial charge in [0.2, 0.25) is 0 Å². The van der Waals surface area contributed by atoms with Crippen molar-refractivity contribution in [3.63, 3.8) is 0 Å². The van der Waals surface area contributed by atoms with E-state index in [2.05, 4.69) is 19.8 Å². The summed E-state index contributed by atoms with van der Waals surface area (Å²) in [5.41, 5.74) is 0.188. The Kier molecular flexibility index (Phi) is 2.11. The van der Waals surface area contributed by atoms with Gasteiger partial charge in [-0.2, -0.15) is 0 Å². The van der Waals surface area contributed by atoms with Gasteiger partial charge in [0.15, 0.2) is 0 Å². The van der Waals surface area contributed by atoms with Gasteiger partial charge in [-0.05, 0) is 18.4 Å². The molecule has 3 heterocycles. The molecule has 23 heavy (non-hydrogen) atoms. The second-order valence-corrected chi connectivity index (χ2v) is 5.19. The van der Waals surface area contributed by atoms with Crippen molar-refractivity contribution in [2.75, 3.05) is 31.5 Å². The third kappa shape index (κ3) is 2.84. The van der Waals surface area contributed by atoms with E-state index >= 15 is 0 Å². The monoisotopic (exact) mass is 321 g/mol. The molecule has 7 nitrogen and oxygen atoms in total. The summed E-state index contributed by atoms with van der Waals surface area (Å²) in [5, 5.41) is 0.251. The van der Waals surface area contributed by atoms with Crippen molar-refractivity contribution in [1.82, 2.24) is 19.9 Å². The van der Waals surface area contributed by atoms with E-state index in [1.165, 1.54) is 12.3 Å². The first kappa shape index (κ1) is 7.77. The maximum absolute atomic E-state index is 12.6. The molecule has 0 aliphatic carbocycles. The number of nitrogens with zero attached hydrogens (tertiary/aromatic N) is 5. The number of carbonyl (C=O) groups is 1. The van der Waals surface area contributed by atoms with E-state index in [0.29, 0.717) is 0 Å². The Labute approximate surface area is 147 Å². The van der Waals surface area contributed by atoms with Crippen LogP contribution >= 0.6 is 0 Å². The number of anilines is 1. The van der Waals surface area contributed by atoms with Gasteiger partial charge in [0.25, 0.3) is 6.50 Å². The molecule has 0 bridgehead atoms. The molecule has 120 valence electrons. The van der Waals surface area contributed by atoms with Crippen LogP contribution in [0, 0.1) is 12.5 Å². The van der Waals surface area contributed by atoms with Gasteiger partial charge in [-0.15, -0.1) is 0 Å². The minimum Gasteiger partial charge on any atom is -0.354 e. The molecule has 1 aliphatic rings. The molecule has 7 heteroatoms. The average molecular weight is 321 g/mol. The summed E-state index contributed by atoms with van der Waals surface area (Å²) in [4.78, 5) is 27.6. The summed E-state index contributed by atoms with van der Waals surface area (Å²) in [5.74, 6) is -2.55. The molecule has 1 N–H and O–H groups in total.